The number of carboxylic acid groups (broad SMARTS) is 1. The third-order valence-electron chi connectivity index (χ3n) is 6.37. The molecule has 0 fully saturated rings. The standard InChI is InChI=1S/C30H42O5/c1-22(2)9-6-10-23(3)11-7-12-24(4)13-8-19-30(5)20-18-25-21-26(14-15-27(25)35-30)34-29(33)17-16-28(31)32/h9,11,13-15,21H,6-8,10,12,16-20H2,1-5H3,(H,31,32)/b23-11+,24-13+. The van der Waals surface area contributed by atoms with E-state index in [1.165, 1.54) is 16.7 Å². The smallest absolute Gasteiger partial charge is 0.311 e. The van der Waals surface area contributed by atoms with E-state index in [4.69, 9.17) is 14.6 Å². The van der Waals surface area contributed by atoms with Gasteiger partial charge in [-0.1, -0.05) is 34.9 Å². The van der Waals surface area contributed by atoms with Crippen LogP contribution in [-0.4, -0.2) is 22.6 Å². The predicted molar refractivity (Wildman–Crippen MR) is 141 cm³/mol. The third-order valence-corrected chi connectivity index (χ3v) is 6.37. The van der Waals surface area contributed by atoms with Crippen molar-refractivity contribution in [2.24, 2.45) is 0 Å². The Balaban J connectivity index is 1.79. The molecule has 1 atom stereocenters. The van der Waals surface area contributed by atoms with Crippen molar-refractivity contribution in [1.82, 2.24) is 0 Å². The van der Waals surface area contributed by atoms with Crippen molar-refractivity contribution >= 4 is 11.9 Å². The molecule has 0 saturated heterocycles. The number of hydrogen-bond acceptors (Lipinski definition) is 4. The first kappa shape index (κ1) is 28.4. The van der Waals surface area contributed by atoms with Gasteiger partial charge in [0.05, 0.1) is 12.8 Å². The van der Waals surface area contributed by atoms with Gasteiger partial charge in [-0.2, -0.15) is 0 Å². The highest BCUT2D eigenvalue weighted by molar-refractivity contribution is 5.78. The topological polar surface area (TPSA) is 72.8 Å². The summed E-state index contributed by atoms with van der Waals surface area (Å²) in [6.07, 6.45) is 14.8. The number of carbonyl (C=O) groups is 2. The fourth-order valence-electron chi connectivity index (χ4n) is 4.16. The zero-order valence-electron chi connectivity index (χ0n) is 22.1. The number of allylic oxidation sites excluding steroid dienone is 6. The molecule has 1 heterocycles. The number of esters is 1. The molecule has 5 heteroatoms. The monoisotopic (exact) mass is 482 g/mol. The maximum atomic E-state index is 11.8. The normalized spacial score (nSPS) is 17.9. The highest BCUT2D eigenvalue weighted by Crippen LogP contribution is 2.37. The molecule has 0 bridgehead atoms. The van der Waals surface area contributed by atoms with Gasteiger partial charge >= 0.3 is 11.9 Å². The van der Waals surface area contributed by atoms with Gasteiger partial charge < -0.3 is 14.6 Å². The molecule has 2 rings (SSSR count). The van der Waals surface area contributed by atoms with Gasteiger partial charge in [0, 0.05) is 0 Å². The Morgan fingerprint density at radius 3 is 2.29 bits per heavy atom. The minimum Gasteiger partial charge on any atom is -0.487 e. The number of aliphatic carboxylic acids is 1. The molecule has 0 aromatic heterocycles. The van der Waals surface area contributed by atoms with E-state index in [0.717, 1.165) is 62.7 Å². The van der Waals surface area contributed by atoms with Crippen molar-refractivity contribution in [1.29, 1.82) is 0 Å². The molecule has 1 N–H and O–H groups in total. The first-order chi connectivity index (χ1) is 16.6. The molecular weight excluding hydrogens is 440 g/mol. The van der Waals surface area contributed by atoms with Gasteiger partial charge in [-0.3, -0.25) is 9.59 Å². The van der Waals surface area contributed by atoms with Crippen molar-refractivity contribution in [2.45, 2.75) is 104 Å². The van der Waals surface area contributed by atoms with E-state index < -0.39 is 11.9 Å². The number of aryl methyl sites for hydroxylation is 1. The molecule has 0 aliphatic carbocycles. The molecule has 0 amide bonds. The summed E-state index contributed by atoms with van der Waals surface area (Å²) in [5.41, 5.74) is 5.08. The largest absolute Gasteiger partial charge is 0.487 e. The Kier molecular flexibility index (Phi) is 11.3. The minimum atomic E-state index is -1.01. The van der Waals surface area contributed by atoms with Crippen molar-refractivity contribution in [3.63, 3.8) is 0 Å². The number of carboxylic acids is 1. The van der Waals surface area contributed by atoms with E-state index in [-0.39, 0.29) is 18.4 Å². The molecule has 1 aliphatic rings. The minimum absolute atomic E-state index is 0.139. The second-order valence-electron chi connectivity index (χ2n) is 10.2. The van der Waals surface area contributed by atoms with Crippen molar-refractivity contribution in [3.8, 4) is 11.5 Å². The Morgan fingerprint density at radius 2 is 1.63 bits per heavy atom. The Hall–Kier alpha value is -2.82. The van der Waals surface area contributed by atoms with Crippen LogP contribution in [0.25, 0.3) is 0 Å². The van der Waals surface area contributed by atoms with E-state index in [9.17, 15) is 9.59 Å². The highest BCUT2D eigenvalue weighted by Gasteiger charge is 2.31. The lowest BCUT2D eigenvalue weighted by molar-refractivity contribution is -0.142. The number of benzene rings is 1. The van der Waals surface area contributed by atoms with Gasteiger partial charge in [0.25, 0.3) is 0 Å². The summed E-state index contributed by atoms with van der Waals surface area (Å²) in [4.78, 5) is 22.4. The molecule has 1 aromatic rings. The molecule has 1 unspecified atom stereocenters. The van der Waals surface area contributed by atoms with E-state index in [1.54, 1.807) is 6.07 Å². The lowest BCUT2D eigenvalue weighted by Crippen LogP contribution is -2.36. The Morgan fingerprint density at radius 1 is 0.971 bits per heavy atom. The van der Waals surface area contributed by atoms with E-state index in [0.29, 0.717) is 5.75 Å². The zero-order chi connectivity index (χ0) is 25.8. The van der Waals surface area contributed by atoms with Crippen LogP contribution in [0.2, 0.25) is 0 Å². The third kappa shape index (κ3) is 11.0. The van der Waals surface area contributed by atoms with Crippen molar-refractivity contribution in [3.05, 3.63) is 58.7 Å². The molecule has 5 nitrogen and oxygen atoms in total. The summed E-state index contributed by atoms with van der Waals surface area (Å²) in [6.45, 7) is 10.9. The summed E-state index contributed by atoms with van der Waals surface area (Å²) in [7, 11) is 0. The molecule has 35 heavy (non-hydrogen) atoms. The van der Waals surface area contributed by atoms with Gasteiger partial charge in [-0.15, -0.1) is 0 Å². The number of ether oxygens (including phenoxy) is 2. The number of fused-ring (bicyclic) bond motifs is 1. The van der Waals surface area contributed by atoms with Gasteiger partial charge in [0.1, 0.15) is 17.1 Å². The summed E-state index contributed by atoms with van der Waals surface area (Å²) < 4.78 is 11.6. The van der Waals surface area contributed by atoms with Crippen LogP contribution in [0.3, 0.4) is 0 Å². The maximum Gasteiger partial charge on any atom is 0.311 e. The van der Waals surface area contributed by atoms with Gasteiger partial charge in [-0.05, 0) is 110 Å². The summed E-state index contributed by atoms with van der Waals surface area (Å²) in [5.74, 6) is -0.280. The van der Waals surface area contributed by atoms with E-state index in [2.05, 4.69) is 52.8 Å². The molecule has 1 aliphatic heterocycles. The van der Waals surface area contributed by atoms with Gasteiger partial charge in [-0.25, -0.2) is 0 Å². The van der Waals surface area contributed by atoms with E-state index in [1.807, 2.05) is 12.1 Å². The number of carbonyl (C=O) groups excluding carboxylic acids is 1. The van der Waals surface area contributed by atoms with Crippen LogP contribution in [-0.2, 0) is 16.0 Å². The quantitative estimate of drug-likeness (QED) is 0.177. The zero-order valence-corrected chi connectivity index (χ0v) is 22.1. The summed E-state index contributed by atoms with van der Waals surface area (Å²) in [6, 6.07) is 5.38. The Bertz CT molecular complexity index is 965. The Labute approximate surface area is 210 Å². The van der Waals surface area contributed by atoms with Crippen LogP contribution in [0.5, 0.6) is 11.5 Å². The molecule has 0 spiro atoms. The SMILES string of the molecule is CC(C)=CCC/C(C)=C/CC/C(C)=C/CCC1(C)CCc2cc(OC(=O)CCC(=O)O)ccc2O1. The average molecular weight is 483 g/mol. The van der Waals surface area contributed by atoms with Crippen LogP contribution in [0.15, 0.2) is 53.1 Å². The van der Waals surface area contributed by atoms with Crippen LogP contribution < -0.4 is 9.47 Å². The molecule has 0 radical (unpaired) electrons. The lowest BCUT2D eigenvalue weighted by Gasteiger charge is -2.36. The first-order valence-corrected chi connectivity index (χ1v) is 12.8. The summed E-state index contributed by atoms with van der Waals surface area (Å²) >= 11 is 0. The van der Waals surface area contributed by atoms with Crippen molar-refractivity contribution < 1.29 is 24.2 Å². The molecule has 192 valence electrons. The molecule has 0 saturated carbocycles. The second kappa shape index (κ2) is 13.9. The van der Waals surface area contributed by atoms with Crippen molar-refractivity contribution in [2.75, 3.05) is 0 Å². The van der Waals surface area contributed by atoms with Crippen LogP contribution in [0.4, 0.5) is 0 Å². The average Bonchev–Trinajstić information content (AvgIpc) is 2.77. The van der Waals surface area contributed by atoms with Crippen LogP contribution in [0, 0.1) is 0 Å². The maximum absolute atomic E-state index is 11.8. The van der Waals surface area contributed by atoms with Crippen LogP contribution in [0.1, 0.15) is 98.0 Å². The number of hydrogen-bond donors (Lipinski definition) is 1. The van der Waals surface area contributed by atoms with Gasteiger partial charge in [0.2, 0.25) is 0 Å². The fourth-order valence-corrected chi connectivity index (χ4v) is 4.16. The summed E-state index contributed by atoms with van der Waals surface area (Å²) in [5, 5.41) is 8.69. The van der Waals surface area contributed by atoms with E-state index >= 15 is 0 Å². The highest BCUT2D eigenvalue weighted by atomic mass is 16.5. The predicted octanol–water partition coefficient (Wildman–Crippen LogP) is 7.74. The second-order valence-corrected chi connectivity index (χ2v) is 10.2. The first-order valence-electron chi connectivity index (χ1n) is 12.8. The number of rotatable bonds is 13. The van der Waals surface area contributed by atoms with Crippen LogP contribution >= 0.6 is 0 Å². The lowest BCUT2D eigenvalue weighted by atomic mass is 9.88. The molecule has 1 aromatic carbocycles. The van der Waals surface area contributed by atoms with Gasteiger partial charge in [0.15, 0.2) is 0 Å². The fraction of sp³-hybridized carbons (Fsp3) is 0.533. The molecular formula is C30H42O5.